The number of rotatable bonds is 2. The Labute approximate surface area is 78.7 Å². The van der Waals surface area contributed by atoms with E-state index < -0.39 is 34.9 Å². The summed E-state index contributed by atoms with van der Waals surface area (Å²) in [5.74, 6) is -5.49. The summed E-state index contributed by atoms with van der Waals surface area (Å²) in [7, 11) is 1.44. The lowest BCUT2D eigenvalue weighted by Gasteiger charge is -2.13. The monoisotopic (exact) mass is 207 g/mol. The highest BCUT2D eigenvalue weighted by Gasteiger charge is 2.22. The van der Waals surface area contributed by atoms with E-state index in [1.54, 1.807) is 0 Å². The highest BCUT2D eigenvalue weighted by molar-refractivity contribution is 5.25. The third kappa shape index (κ3) is 1.72. The molecule has 0 aliphatic heterocycles. The molecule has 0 saturated carbocycles. The van der Waals surface area contributed by atoms with Crippen molar-refractivity contribution in [2.45, 2.75) is 13.0 Å². The van der Waals surface area contributed by atoms with Crippen molar-refractivity contribution in [2.24, 2.45) is 0 Å². The zero-order chi connectivity index (χ0) is 10.9. The van der Waals surface area contributed by atoms with Crippen LogP contribution in [0.3, 0.4) is 0 Å². The molecule has 1 atom stereocenters. The van der Waals surface area contributed by atoms with Crippen molar-refractivity contribution in [3.63, 3.8) is 0 Å². The second-order valence-corrected chi connectivity index (χ2v) is 2.89. The zero-order valence-electron chi connectivity index (χ0n) is 7.67. The standard InChI is InChI=1S/C9H9F4N/c1-4(14-2)7-8(12)5(10)3-6(11)9(7)13/h3-4,14H,1-2H3/t4-/m0/s1. The molecule has 1 nitrogen and oxygen atoms in total. The summed E-state index contributed by atoms with van der Waals surface area (Å²) in [5, 5.41) is 2.50. The topological polar surface area (TPSA) is 12.0 Å². The molecule has 14 heavy (non-hydrogen) atoms. The molecule has 1 aromatic carbocycles. The number of benzene rings is 1. The summed E-state index contributed by atoms with van der Waals surface area (Å²) in [5.41, 5.74) is -0.620. The molecule has 0 aliphatic rings. The lowest BCUT2D eigenvalue weighted by Crippen LogP contribution is -2.17. The molecule has 1 N–H and O–H groups in total. The minimum Gasteiger partial charge on any atom is -0.313 e. The minimum absolute atomic E-state index is 0.191. The molecule has 0 bridgehead atoms. The average Bonchev–Trinajstić information content (AvgIpc) is 2.15. The molecule has 1 rings (SSSR count). The number of nitrogens with one attached hydrogen (secondary N) is 1. The van der Waals surface area contributed by atoms with Gasteiger partial charge in [-0.15, -0.1) is 0 Å². The van der Waals surface area contributed by atoms with Crippen LogP contribution in [0.25, 0.3) is 0 Å². The predicted octanol–water partition coefficient (Wildman–Crippen LogP) is 2.52. The Balaban J connectivity index is 3.39. The van der Waals surface area contributed by atoms with Gasteiger partial charge in [0.2, 0.25) is 0 Å². The Hall–Kier alpha value is -1.10. The van der Waals surface area contributed by atoms with E-state index in [-0.39, 0.29) is 6.07 Å². The van der Waals surface area contributed by atoms with Gasteiger partial charge < -0.3 is 5.32 Å². The molecular weight excluding hydrogens is 198 g/mol. The zero-order valence-corrected chi connectivity index (χ0v) is 7.67. The first-order valence-electron chi connectivity index (χ1n) is 3.99. The van der Waals surface area contributed by atoms with Gasteiger partial charge >= 0.3 is 0 Å². The summed E-state index contributed by atoms with van der Waals surface area (Å²) in [6.45, 7) is 1.40. The second kappa shape index (κ2) is 3.96. The maximum absolute atomic E-state index is 13.1. The van der Waals surface area contributed by atoms with Crippen LogP contribution in [-0.4, -0.2) is 7.05 Å². The fourth-order valence-corrected chi connectivity index (χ4v) is 1.12. The summed E-state index contributed by atoms with van der Waals surface area (Å²) < 4.78 is 51.5. The van der Waals surface area contributed by atoms with Crippen LogP contribution in [0.4, 0.5) is 17.6 Å². The molecule has 0 aliphatic carbocycles. The maximum Gasteiger partial charge on any atom is 0.166 e. The molecule has 0 heterocycles. The van der Waals surface area contributed by atoms with Gasteiger partial charge in [0.05, 0.1) is 0 Å². The van der Waals surface area contributed by atoms with Crippen LogP contribution in [0.1, 0.15) is 18.5 Å². The van der Waals surface area contributed by atoms with Gasteiger partial charge in [0, 0.05) is 17.7 Å². The lowest BCUT2D eigenvalue weighted by atomic mass is 10.1. The van der Waals surface area contributed by atoms with E-state index in [1.165, 1.54) is 14.0 Å². The molecule has 0 fully saturated rings. The number of halogens is 4. The summed E-state index contributed by atoms with van der Waals surface area (Å²) >= 11 is 0. The third-order valence-corrected chi connectivity index (χ3v) is 2.01. The highest BCUT2D eigenvalue weighted by atomic mass is 19.2. The Morgan fingerprint density at radius 2 is 1.50 bits per heavy atom. The number of hydrogen-bond acceptors (Lipinski definition) is 1. The molecule has 78 valence electrons. The van der Waals surface area contributed by atoms with Crippen LogP contribution >= 0.6 is 0 Å². The van der Waals surface area contributed by atoms with Crippen LogP contribution in [0.15, 0.2) is 6.07 Å². The van der Waals surface area contributed by atoms with E-state index in [0.29, 0.717) is 0 Å². The fraction of sp³-hybridized carbons (Fsp3) is 0.333. The predicted molar refractivity (Wildman–Crippen MR) is 43.7 cm³/mol. The van der Waals surface area contributed by atoms with E-state index >= 15 is 0 Å². The summed E-state index contributed by atoms with van der Waals surface area (Å²) in [6, 6.07) is -0.600. The fourth-order valence-electron chi connectivity index (χ4n) is 1.12. The highest BCUT2D eigenvalue weighted by Crippen LogP contribution is 2.24. The van der Waals surface area contributed by atoms with Crippen LogP contribution < -0.4 is 5.32 Å². The first kappa shape index (κ1) is 11.0. The van der Waals surface area contributed by atoms with Gasteiger partial charge in [-0.25, -0.2) is 17.6 Å². The molecule has 0 amide bonds. The molecule has 0 unspecified atom stereocenters. The molecule has 0 spiro atoms. The summed E-state index contributed by atoms with van der Waals surface area (Å²) in [6.07, 6.45) is 0. The van der Waals surface area contributed by atoms with Gasteiger partial charge in [0.15, 0.2) is 23.3 Å². The van der Waals surface area contributed by atoms with Crippen molar-refractivity contribution < 1.29 is 17.6 Å². The van der Waals surface area contributed by atoms with Crippen molar-refractivity contribution in [3.8, 4) is 0 Å². The van der Waals surface area contributed by atoms with Gasteiger partial charge in [-0.2, -0.15) is 0 Å². The SMILES string of the molecule is CN[C@@H](C)c1c(F)c(F)cc(F)c1F. The van der Waals surface area contributed by atoms with Crippen LogP contribution in [0.2, 0.25) is 0 Å². The average molecular weight is 207 g/mol. The summed E-state index contributed by atoms with van der Waals surface area (Å²) in [4.78, 5) is 0. The quantitative estimate of drug-likeness (QED) is 0.580. The van der Waals surface area contributed by atoms with E-state index in [9.17, 15) is 17.6 Å². The van der Waals surface area contributed by atoms with Crippen molar-refractivity contribution in [3.05, 3.63) is 34.9 Å². The van der Waals surface area contributed by atoms with Gasteiger partial charge in [0.25, 0.3) is 0 Å². The Kier molecular flexibility index (Phi) is 3.10. The van der Waals surface area contributed by atoms with E-state index in [4.69, 9.17) is 0 Å². The Bertz CT molecular complexity index is 325. The van der Waals surface area contributed by atoms with Crippen molar-refractivity contribution >= 4 is 0 Å². The smallest absolute Gasteiger partial charge is 0.166 e. The van der Waals surface area contributed by atoms with Gasteiger partial charge in [0.1, 0.15) is 0 Å². The second-order valence-electron chi connectivity index (χ2n) is 2.89. The molecule has 0 aromatic heterocycles. The number of hydrogen-bond donors (Lipinski definition) is 1. The van der Waals surface area contributed by atoms with Gasteiger partial charge in [-0.3, -0.25) is 0 Å². The largest absolute Gasteiger partial charge is 0.313 e. The van der Waals surface area contributed by atoms with Crippen LogP contribution in [-0.2, 0) is 0 Å². The van der Waals surface area contributed by atoms with Crippen LogP contribution in [0.5, 0.6) is 0 Å². The van der Waals surface area contributed by atoms with Gasteiger partial charge in [-0.05, 0) is 14.0 Å². The molecule has 1 aromatic rings. The Morgan fingerprint density at radius 1 is 1.07 bits per heavy atom. The van der Waals surface area contributed by atoms with E-state index in [2.05, 4.69) is 5.32 Å². The van der Waals surface area contributed by atoms with Crippen molar-refractivity contribution in [1.29, 1.82) is 0 Å². The minimum atomic E-state index is -1.39. The lowest BCUT2D eigenvalue weighted by molar-refractivity contribution is 0.421. The Morgan fingerprint density at radius 3 is 1.86 bits per heavy atom. The normalized spacial score (nSPS) is 13.0. The third-order valence-electron chi connectivity index (χ3n) is 2.01. The van der Waals surface area contributed by atoms with Gasteiger partial charge in [-0.1, -0.05) is 0 Å². The van der Waals surface area contributed by atoms with E-state index in [0.717, 1.165) is 0 Å². The maximum atomic E-state index is 13.1. The first-order valence-corrected chi connectivity index (χ1v) is 3.99. The molecule has 0 saturated heterocycles. The van der Waals surface area contributed by atoms with Crippen LogP contribution in [0, 0.1) is 23.3 Å². The van der Waals surface area contributed by atoms with Crippen molar-refractivity contribution in [2.75, 3.05) is 7.05 Å². The van der Waals surface area contributed by atoms with Crippen molar-refractivity contribution in [1.82, 2.24) is 5.32 Å². The molecular formula is C9H9F4N. The van der Waals surface area contributed by atoms with E-state index in [1.807, 2.05) is 0 Å². The molecule has 0 radical (unpaired) electrons. The molecule has 5 heteroatoms. The first-order chi connectivity index (χ1) is 6.49.